The molecule has 0 aliphatic carbocycles. The van der Waals surface area contributed by atoms with Crippen molar-refractivity contribution in [2.24, 2.45) is 11.7 Å². The van der Waals surface area contributed by atoms with E-state index in [0.29, 0.717) is 5.92 Å². The van der Waals surface area contributed by atoms with Crippen LogP contribution >= 0.6 is 0 Å². The summed E-state index contributed by atoms with van der Waals surface area (Å²) in [6.45, 7) is 17.5. The van der Waals surface area contributed by atoms with Gasteiger partial charge in [-0.15, -0.1) is 0 Å². The smallest absolute Gasteiger partial charge is 0.0117 e. The van der Waals surface area contributed by atoms with Crippen LogP contribution in [0.2, 0.25) is 0 Å². The van der Waals surface area contributed by atoms with E-state index in [1.165, 1.54) is 22.3 Å². The molecule has 2 N–H and O–H groups in total. The van der Waals surface area contributed by atoms with E-state index in [9.17, 15) is 0 Å². The summed E-state index contributed by atoms with van der Waals surface area (Å²) in [5, 5.41) is 0. The van der Waals surface area contributed by atoms with Gasteiger partial charge in [-0.1, -0.05) is 57.1 Å². The first-order chi connectivity index (χ1) is 9.29. The van der Waals surface area contributed by atoms with Gasteiger partial charge in [0.05, 0.1) is 0 Å². The number of nitrogens with two attached hydrogens (primary N) is 1. The van der Waals surface area contributed by atoms with Gasteiger partial charge >= 0.3 is 0 Å². The Hall–Kier alpha value is -0.820. The molecular weight excluding hydrogens is 242 g/mol. The molecule has 1 heteroatoms. The van der Waals surface area contributed by atoms with Crippen molar-refractivity contribution < 1.29 is 0 Å². The summed E-state index contributed by atoms with van der Waals surface area (Å²) in [7, 11) is 0. The topological polar surface area (TPSA) is 26.0 Å². The maximum atomic E-state index is 6.34. The van der Waals surface area contributed by atoms with E-state index in [4.69, 9.17) is 5.73 Å². The Bertz CT molecular complexity index is 358. The highest BCUT2D eigenvalue weighted by Gasteiger charge is 2.10. The van der Waals surface area contributed by atoms with Crippen molar-refractivity contribution >= 4 is 0 Å². The van der Waals surface area contributed by atoms with Gasteiger partial charge in [-0.25, -0.2) is 0 Å². The summed E-state index contributed by atoms with van der Waals surface area (Å²) >= 11 is 0. The molecule has 0 saturated heterocycles. The zero-order chi connectivity index (χ0) is 15.7. The molecule has 0 rings (SSSR count). The van der Waals surface area contributed by atoms with Crippen molar-refractivity contribution in [1.29, 1.82) is 0 Å². The minimum Gasteiger partial charge on any atom is -0.327 e. The zero-order valence-electron chi connectivity index (χ0n) is 14.6. The third-order valence-corrected chi connectivity index (χ3v) is 3.79. The highest BCUT2D eigenvalue weighted by Crippen LogP contribution is 2.21. The number of allylic oxidation sites excluding steroid dienone is 3. The lowest BCUT2D eigenvalue weighted by atomic mass is 9.92. The van der Waals surface area contributed by atoms with Crippen LogP contribution in [0, 0.1) is 5.92 Å². The molecule has 0 bridgehead atoms. The third-order valence-electron chi connectivity index (χ3n) is 3.79. The van der Waals surface area contributed by atoms with Crippen LogP contribution in [-0.4, -0.2) is 6.04 Å². The van der Waals surface area contributed by atoms with Gasteiger partial charge in [0.2, 0.25) is 0 Å². The van der Waals surface area contributed by atoms with Gasteiger partial charge in [0.1, 0.15) is 0 Å². The monoisotopic (exact) mass is 277 g/mol. The second kappa shape index (κ2) is 9.99. The number of rotatable bonds is 9. The Labute approximate surface area is 127 Å². The van der Waals surface area contributed by atoms with Crippen molar-refractivity contribution in [3.05, 3.63) is 34.9 Å². The summed E-state index contributed by atoms with van der Waals surface area (Å²) in [4.78, 5) is 0. The molecule has 0 aliphatic rings. The maximum absolute atomic E-state index is 6.34. The van der Waals surface area contributed by atoms with Crippen LogP contribution in [0.25, 0.3) is 0 Å². The van der Waals surface area contributed by atoms with E-state index in [0.717, 1.165) is 32.1 Å². The predicted octanol–water partition coefficient (Wildman–Crippen LogP) is 5.78. The first kappa shape index (κ1) is 19.2. The molecule has 0 aliphatic heterocycles. The van der Waals surface area contributed by atoms with Gasteiger partial charge in [-0.2, -0.15) is 0 Å². The molecule has 1 atom stereocenters. The highest BCUT2D eigenvalue weighted by molar-refractivity contribution is 5.28. The van der Waals surface area contributed by atoms with E-state index < -0.39 is 0 Å². The lowest BCUT2D eigenvalue weighted by Crippen LogP contribution is -2.21. The molecule has 0 aromatic carbocycles. The van der Waals surface area contributed by atoms with E-state index in [2.05, 4.69) is 54.2 Å². The molecule has 0 heterocycles. The summed E-state index contributed by atoms with van der Waals surface area (Å²) in [6.07, 6.45) is 7.54. The van der Waals surface area contributed by atoms with Crippen molar-refractivity contribution in [3.63, 3.8) is 0 Å². The van der Waals surface area contributed by atoms with E-state index in [1.807, 2.05) is 0 Å². The first-order valence-electron chi connectivity index (χ1n) is 8.08. The van der Waals surface area contributed by atoms with Crippen molar-refractivity contribution in [2.75, 3.05) is 0 Å². The Morgan fingerprint density at radius 1 is 1.05 bits per heavy atom. The molecule has 0 radical (unpaired) electrons. The molecule has 0 aromatic heterocycles. The molecule has 116 valence electrons. The fourth-order valence-corrected chi connectivity index (χ4v) is 2.37. The molecule has 0 saturated carbocycles. The standard InChI is InChI=1S/C19H35N/c1-8-15(5)11-18(17(7)9-2)13-19(20)12-16(6)10-14(3)4/h11,14,19H,6,8-10,12-13,20H2,1-5,7H3/b15-11-,18-17+. The Morgan fingerprint density at radius 3 is 2.10 bits per heavy atom. The molecule has 0 fully saturated rings. The van der Waals surface area contributed by atoms with Gasteiger partial charge in [0.25, 0.3) is 0 Å². The predicted molar refractivity (Wildman–Crippen MR) is 92.8 cm³/mol. The SMILES string of the molecule is C=C(CC(C)C)CC(N)CC(/C=C(/C)CC)=C(\C)CC. The quantitative estimate of drug-likeness (QED) is 0.419. The van der Waals surface area contributed by atoms with E-state index in [-0.39, 0.29) is 6.04 Å². The molecule has 1 nitrogen and oxygen atoms in total. The molecular formula is C19H35N. The minimum absolute atomic E-state index is 0.193. The van der Waals surface area contributed by atoms with Crippen molar-refractivity contribution in [1.82, 2.24) is 0 Å². The fourth-order valence-electron chi connectivity index (χ4n) is 2.37. The summed E-state index contributed by atoms with van der Waals surface area (Å²) in [5.74, 6) is 0.671. The zero-order valence-corrected chi connectivity index (χ0v) is 14.6. The third kappa shape index (κ3) is 8.37. The number of hydrogen-bond donors (Lipinski definition) is 1. The second-order valence-corrected chi connectivity index (χ2v) is 6.52. The molecule has 0 amide bonds. The Balaban J connectivity index is 4.72. The average molecular weight is 277 g/mol. The second-order valence-electron chi connectivity index (χ2n) is 6.52. The van der Waals surface area contributed by atoms with Crippen molar-refractivity contribution in [2.45, 2.75) is 79.7 Å². The van der Waals surface area contributed by atoms with E-state index in [1.54, 1.807) is 0 Å². The average Bonchev–Trinajstić information content (AvgIpc) is 2.35. The van der Waals surface area contributed by atoms with Crippen LogP contribution in [0.4, 0.5) is 0 Å². The van der Waals surface area contributed by atoms with Crippen LogP contribution in [-0.2, 0) is 0 Å². The van der Waals surface area contributed by atoms with Gasteiger partial charge in [0.15, 0.2) is 0 Å². The van der Waals surface area contributed by atoms with Crippen LogP contribution in [0.5, 0.6) is 0 Å². The summed E-state index contributed by atoms with van der Waals surface area (Å²) < 4.78 is 0. The Kier molecular flexibility index (Phi) is 9.58. The fraction of sp³-hybridized carbons (Fsp3) is 0.684. The molecule has 20 heavy (non-hydrogen) atoms. The molecule has 1 unspecified atom stereocenters. The summed E-state index contributed by atoms with van der Waals surface area (Å²) in [5.41, 5.74) is 11.9. The molecule has 0 spiro atoms. The highest BCUT2D eigenvalue weighted by atomic mass is 14.6. The van der Waals surface area contributed by atoms with Crippen LogP contribution in [0.15, 0.2) is 34.9 Å². The van der Waals surface area contributed by atoms with E-state index >= 15 is 0 Å². The largest absolute Gasteiger partial charge is 0.327 e. The van der Waals surface area contributed by atoms with Gasteiger partial charge < -0.3 is 5.73 Å². The Morgan fingerprint density at radius 2 is 1.65 bits per heavy atom. The lowest BCUT2D eigenvalue weighted by molar-refractivity contribution is 0.585. The number of hydrogen-bond acceptors (Lipinski definition) is 1. The first-order valence-corrected chi connectivity index (χ1v) is 8.08. The van der Waals surface area contributed by atoms with Crippen LogP contribution in [0.3, 0.4) is 0 Å². The van der Waals surface area contributed by atoms with Gasteiger partial charge in [-0.05, 0) is 57.4 Å². The minimum atomic E-state index is 0.193. The summed E-state index contributed by atoms with van der Waals surface area (Å²) in [6, 6.07) is 0.193. The van der Waals surface area contributed by atoms with Crippen molar-refractivity contribution in [3.8, 4) is 0 Å². The lowest BCUT2D eigenvalue weighted by Gasteiger charge is -2.17. The van der Waals surface area contributed by atoms with Crippen LogP contribution in [0.1, 0.15) is 73.6 Å². The molecule has 0 aromatic rings. The van der Waals surface area contributed by atoms with Crippen LogP contribution < -0.4 is 5.73 Å². The van der Waals surface area contributed by atoms with Gasteiger partial charge in [0, 0.05) is 6.04 Å². The maximum Gasteiger partial charge on any atom is 0.0117 e. The van der Waals surface area contributed by atoms with Gasteiger partial charge in [-0.3, -0.25) is 0 Å². The normalized spacial score (nSPS) is 15.3.